The molecule has 2 bridgehead atoms. The number of carbonyl (C=O) groups excluding carboxylic acids is 3. The molecule has 4 saturated heterocycles. The van der Waals surface area contributed by atoms with E-state index in [9.17, 15) is 24.4 Å². The summed E-state index contributed by atoms with van der Waals surface area (Å²) in [7, 11) is 1.79. The van der Waals surface area contributed by atoms with Crippen molar-refractivity contribution in [2.75, 3.05) is 43.0 Å². The molecule has 2 N–H and O–H groups in total. The Labute approximate surface area is 340 Å². The number of imidazole rings is 1. The van der Waals surface area contributed by atoms with Crippen LogP contribution in [0.1, 0.15) is 97.3 Å². The molecule has 15 nitrogen and oxygen atoms in total. The smallest absolute Gasteiger partial charge is 0.329 e. The van der Waals surface area contributed by atoms with Gasteiger partial charge in [0.1, 0.15) is 12.1 Å². The average Bonchev–Trinajstić information content (AvgIpc) is 4.05. The normalized spacial score (nSPS) is 25.2. The molecule has 0 radical (unpaired) electrons. The van der Waals surface area contributed by atoms with Crippen molar-refractivity contribution in [3.63, 3.8) is 0 Å². The van der Waals surface area contributed by atoms with E-state index in [0.29, 0.717) is 42.0 Å². The Kier molecular flexibility index (Phi) is 9.56. The van der Waals surface area contributed by atoms with E-state index in [1.54, 1.807) is 22.2 Å². The van der Waals surface area contributed by atoms with E-state index in [1.165, 1.54) is 12.4 Å². The summed E-state index contributed by atoms with van der Waals surface area (Å²) in [6.45, 7) is 4.52. The van der Waals surface area contributed by atoms with Crippen LogP contribution in [0, 0.1) is 17.2 Å². The number of anilines is 2. The largest absolute Gasteiger partial charge is 0.374 e. The molecular weight excluding hydrogens is 749 g/mol. The maximum Gasteiger partial charge on any atom is 0.329 e. The fourth-order valence-electron chi connectivity index (χ4n) is 10.5. The van der Waals surface area contributed by atoms with Crippen LogP contribution >= 0.6 is 0 Å². The molecule has 5 aliphatic rings. The summed E-state index contributed by atoms with van der Waals surface area (Å²) < 4.78 is 11.3. The molecule has 3 amide bonds. The molecular formula is C44H48N10O5. The van der Waals surface area contributed by atoms with Gasteiger partial charge in [-0.3, -0.25) is 38.5 Å². The summed E-state index contributed by atoms with van der Waals surface area (Å²) in [6, 6.07) is 13.7. The van der Waals surface area contributed by atoms with Gasteiger partial charge in [-0.25, -0.2) is 4.79 Å². The third-order valence-corrected chi connectivity index (χ3v) is 13.6. The number of morpholine rings is 1. The zero-order valence-electron chi connectivity index (χ0n) is 33.2. The molecule has 15 heteroatoms. The first-order chi connectivity index (χ1) is 28.7. The molecule has 3 atom stereocenters. The number of carbonyl (C=O) groups is 3. The van der Waals surface area contributed by atoms with Gasteiger partial charge in [0.15, 0.2) is 0 Å². The van der Waals surface area contributed by atoms with Crippen molar-refractivity contribution in [3.8, 4) is 6.07 Å². The van der Waals surface area contributed by atoms with E-state index >= 15 is 0 Å². The van der Waals surface area contributed by atoms with Gasteiger partial charge in [0.25, 0.3) is 5.91 Å². The van der Waals surface area contributed by atoms with Crippen LogP contribution in [0.2, 0.25) is 0 Å². The molecule has 1 unspecified atom stereocenters. The number of imide groups is 1. The number of hydrogen-bond acceptors (Lipinski definition) is 10. The van der Waals surface area contributed by atoms with E-state index in [4.69, 9.17) is 9.84 Å². The highest BCUT2D eigenvalue weighted by atomic mass is 16.5. The molecule has 304 valence electrons. The first-order valence-electron chi connectivity index (χ1n) is 21.0. The van der Waals surface area contributed by atoms with Crippen molar-refractivity contribution in [1.82, 2.24) is 34.1 Å². The standard InChI is InChI=1S/C44H48N10O5/c1-50-41-34(3-2-4-37(41)54(44(50)58)38-9-10-40(55)48-43(38)57)28-11-13-51(14-12-28)22-26-5-7-31(8-6-26)53-23-30-16-36(47-42(56)29-15-27(19-45)20-46-21-29)39(18-35(30)49-53)52-24-33-17-32(52)25-59-33/h2-4,15-16,18,20-21,23,26,28,31-33,38H,5-14,17,22,24-25H2,1H3,(H,47,56)(H,48,55,57)/t26?,31?,32-,33-,38?/m1/s1. The molecule has 5 fully saturated rings. The number of nitrogens with one attached hydrogen (secondary N) is 2. The summed E-state index contributed by atoms with van der Waals surface area (Å²) in [5.74, 6) is -0.0723. The lowest BCUT2D eigenvalue weighted by Gasteiger charge is -2.37. The zero-order chi connectivity index (χ0) is 40.4. The Morgan fingerprint density at radius 1 is 1.02 bits per heavy atom. The molecule has 1 saturated carbocycles. The molecule has 1 aliphatic carbocycles. The number of rotatable bonds is 8. The van der Waals surface area contributed by atoms with Crippen LogP contribution < -0.4 is 21.2 Å². The lowest BCUT2D eigenvalue weighted by atomic mass is 9.84. The molecule has 5 aromatic rings. The Morgan fingerprint density at radius 2 is 1.85 bits per heavy atom. The average molecular weight is 797 g/mol. The first kappa shape index (κ1) is 37.4. The number of nitrogens with zero attached hydrogens (tertiary/aromatic N) is 8. The molecule has 59 heavy (non-hydrogen) atoms. The number of para-hydroxylation sites is 1. The van der Waals surface area contributed by atoms with E-state index < -0.39 is 11.9 Å². The Morgan fingerprint density at radius 3 is 2.59 bits per heavy atom. The zero-order valence-corrected chi connectivity index (χ0v) is 33.2. The van der Waals surface area contributed by atoms with Crippen molar-refractivity contribution in [2.45, 2.75) is 87.9 Å². The van der Waals surface area contributed by atoms with E-state index in [2.05, 4.69) is 54.5 Å². The van der Waals surface area contributed by atoms with Crippen molar-refractivity contribution in [2.24, 2.45) is 13.0 Å². The van der Waals surface area contributed by atoms with Crippen LogP contribution in [0.3, 0.4) is 0 Å². The van der Waals surface area contributed by atoms with Crippen LogP contribution in [0.25, 0.3) is 21.9 Å². The van der Waals surface area contributed by atoms with Gasteiger partial charge < -0.3 is 19.9 Å². The van der Waals surface area contributed by atoms with Gasteiger partial charge in [0, 0.05) is 50.5 Å². The second kappa shape index (κ2) is 15.1. The number of piperidine rings is 2. The highest BCUT2D eigenvalue weighted by molar-refractivity contribution is 6.07. The predicted molar refractivity (Wildman–Crippen MR) is 220 cm³/mol. The molecule has 7 heterocycles. The number of aromatic nitrogens is 5. The fourth-order valence-corrected chi connectivity index (χ4v) is 10.5. The SMILES string of the molecule is Cn1c(=O)n(C2CCC(=O)NC2=O)c2cccc(C3CCN(CC4CCC(n5cc6cc(NC(=O)c7cncc(C#N)c7)c(N7C[C@H]8C[C@@H]7CO8)cc6n5)CC4)CC3)c21. The van der Waals surface area contributed by atoms with Gasteiger partial charge in [-0.2, -0.15) is 10.4 Å². The molecule has 2 aromatic carbocycles. The number of hydrogen-bond donors (Lipinski definition) is 2. The third-order valence-electron chi connectivity index (χ3n) is 13.6. The van der Waals surface area contributed by atoms with Crippen LogP contribution in [0.4, 0.5) is 11.4 Å². The summed E-state index contributed by atoms with van der Waals surface area (Å²) in [5.41, 5.74) is 5.82. The summed E-state index contributed by atoms with van der Waals surface area (Å²) >= 11 is 0. The highest BCUT2D eigenvalue weighted by Crippen LogP contribution is 2.41. The third kappa shape index (κ3) is 6.87. The quantitative estimate of drug-likeness (QED) is 0.208. The van der Waals surface area contributed by atoms with E-state index in [0.717, 1.165) is 110 Å². The van der Waals surface area contributed by atoms with Gasteiger partial charge >= 0.3 is 5.69 Å². The number of ether oxygens (including phenoxy) is 1. The number of fused-ring (bicyclic) bond motifs is 4. The summed E-state index contributed by atoms with van der Waals surface area (Å²) in [4.78, 5) is 60.5. The Balaban J connectivity index is 0.791. The lowest BCUT2D eigenvalue weighted by molar-refractivity contribution is -0.135. The highest BCUT2D eigenvalue weighted by Gasteiger charge is 2.40. The van der Waals surface area contributed by atoms with Crippen LogP contribution in [-0.4, -0.2) is 91.5 Å². The Hall–Kier alpha value is -5.85. The van der Waals surface area contributed by atoms with Gasteiger partial charge in [-0.15, -0.1) is 0 Å². The van der Waals surface area contributed by atoms with E-state index in [1.807, 2.05) is 18.2 Å². The van der Waals surface area contributed by atoms with Gasteiger partial charge in [-0.05, 0) is 106 Å². The molecule has 4 aliphatic heterocycles. The topological polar surface area (TPSA) is 172 Å². The first-order valence-corrected chi connectivity index (χ1v) is 21.0. The lowest BCUT2D eigenvalue weighted by Crippen LogP contribution is -2.44. The number of nitriles is 1. The van der Waals surface area contributed by atoms with Crippen molar-refractivity contribution in [1.29, 1.82) is 5.26 Å². The number of amides is 3. The van der Waals surface area contributed by atoms with Gasteiger partial charge in [0.2, 0.25) is 11.8 Å². The maximum atomic E-state index is 13.5. The van der Waals surface area contributed by atoms with Crippen molar-refractivity contribution >= 4 is 51.0 Å². The minimum atomic E-state index is -0.686. The summed E-state index contributed by atoms with van der Waals surface area (Å²) in [6.07, 6.45) is 13.2. The predicted octanol–water partition coefficient (Wildman–Crippen LogP) is 4.77. The number of aryl methyl sites for hydroxylation is 1. The minimum absolute atomic E-state index is 0.188. The van der Waals surface area contributed by atoms with Crippen LogP contribution in [-0.2, 0) is 21.4 Å². The number of pyridine rings is 1. The van der Waals surface area contributed by atoms with Crippen LogP contribution in [0.15, 0.2) is 59.8 Å². The number of likely N-dealkylation sites (tertiary alicyclic amines) is 1. The minimum Gasteiger partial charge on any atom is -0.374 e. The molecule has 0 spiro atoms. The number of benzene rings is 2. The second-order valence-corrected chi connectivity index (χ2v) is 17.2. The van der Waals surface area contributed by atoms with Crippen LogP contribution in [0.5, 0.6) is 0 Å². The van der Waals surface area contributed by atoms with E-state index in [-0.39, 0.29) is 36.1 Å². The second-order valence-electron chi connectivity index (χ2n) is 17.2. The van der Waals surface area contributed by atoms with Crippen molar-refractivity contribution in [3.05, 3.63) is 82.2 Å². The molecule has 3 aromatic heterocycles. The summed E-state index contributed by atoms with van der Waals surface area (Å²) in [5, 5.41) is 21.0. The molecule has 10 rings (SSSR count). The Bertz CT molecular complexity index is 2590. The van der Waals surface area contributed by atoms with Crippen molar-refractivity contribution < 1.29 is 19.1 Å². The fraction of sp³-hybridized carbons (Fsp3) is 0.477. The monoisotopic (exact) mass is 796 g/mol. The van der Waals surface area contributed by atoms with Gasteiger partial charge in [-0.1, -0.05) is 12.1 Å². The maximum absolute atomic E-state index is 13.5. The van der Waals surface area contributed by atoms with Gasteiger partial charge in [0.05, 0.1) is 63.8 Å².